The van der Waals surface area contributed by atoms with Gasteiger partial charge in [-0.1, -0.05) is 18.2 Å². The SMILES string of the molecule is Cn1cc(-c2nc(C(=O)CCc3ccccc3F)c(N)nc2-c2ncco2)ccc1=O. The van der Waals surface area contributed by atoms with E-state index in [0.717, 1.165) is 0 Å². The van der Waals surface area contributed by atoms with E-state index in [1.807, 2.05) is 0 Å². The molecule has 0 bridgehead atoms. The molecule has 0 spiro atoms. The van der Waals surface area contributed by atoms with Gasteiger partial charge in [-0.25, -0.2) is 19.3 Å². The Balaban J connectivity index is 1.75. The highest BCUT2D eigenvalue weighted by Crippen LogP contribution is 2.30. The maximum absolute atomic E-state index is 13.9. The summed E-state index contributed by atoms with van der Waals surface area (Å²) in [5.41, 5.74) is 7.30. The van der Waals surface area contributed by atoms with Crippen LogP contribution < -0.4 is 11.3 Å². The summed E-state index contributed by atoms with van der Waals surface area (Å²) in [6, 6.07) is 9.22. The number of Topliss-reactive ketones (excluding diaryl/α,β-unsaturated/α-hetero) is 1. The van der Waals surface area contributed by atoms with Gasteiger partial charge in [0.05, 0.1) is 6.20 Å². The molecule has 0 saturated heterocycles. The van der Waals surface area contributed by atoms with Crippen molar-refractivity contribution in [1.29, 1.82) is 0 Å². The van der Waals surface area contributed by atoms with Crippen LogP contribution in [0.4, 0.5) is 10.2 Å². The maximum Gasteiger partial charge on any atom is 0.250 e. The van der Waals surface area contributed by atoms with Gasteiger partial charge in [-0.05, 0) is 24.1 Å². The van der Waals surface area contributed by atoms with Crippen LogP contribution in [0.2, 0.25) is 0 Å². The minimum Gasteiger partial charge on any atom is -0.443 e. The van der Waals surface area contributed by atoms with Crippen molar-refractivity contribution in [3.8, 4) is 22.8 Å². The lowest BCUT2D eigenvalue weighted by Gasteiger charge is -2.11. The molecule has 2 N–H and O–H groups in total. The molecule has 3 heterocycles. The van der Waals surface area contributed by atoms with E-state index in [1.165, 1.54) is 29.2 Å². The van der Waals surface area contributed by atoms with Gasteiger partial charge < -0.3 is 14.7 Å². The average molecular weight is 419 g/mol. The molecule has 4 rings (SSSR count). The Labute approximate surface area is 176 Å². The van der Waals surface area contributed by atoms with Crippen molar-refractivity contribution in [3.05, 3.63) is 82.5 Å². The maximum atomic E-state index is 13.9. The topological polar surface area (TPSA) is 117 Å². The lowest BCUT2D eigenvalue weighted by molar-refractivity contribution is 0.0978. The first-order valence-electron chi connectivity index (χ1n) is 9.45. The molecular formula is C22H18FN5O3. The number of benzene rings is 1. The van der Waals surface area contributed by atoms with E-state index in [4.69, 9.17) is 10.2 Å². The second-order valence-corrected chi connectivity index (χ2v) is 6.87. The average Bonchev–Trinajstić information content (AvgIpc) is 3.29. The summed E-state index contributed by atoms with van der Waals surface area (Å²) in [5, 5.41) is 0. The van der Waals surface area contributed by atoms with E-state index in [9.17, 15) is 14.0 Å². The highest BCUT2D eigenvalue weighted by molar-refractivity contribution is 5.99. The molecular weight excluding hydrogens is 401 g/mol. The second kappa shape index (κ2) is 8.31. The molecule has 0 fully saturated rings. The highest BCUT2D eigenvalue weighted by Gasteiger charge is 2.22. The lowest BCUT2D eigenvalue weighted by Crippen LogP contribution is -2.15. The fourth-order valence-corrected chi connectivity index (χ4v) is 3.15. The highest BCUT2D eigenvalue weighted by atomic mass is 19.1. The van der Waals surface area contributed by atoms with E-state index in [1.54, 1.807) is 37.5 Å². The molecule has 0 aliphatic carbocycles. The Morgan fingerprint density at radius 3 is 2.68 bits per heavy atom. The van der Waals surface area contributed by atoms with Gasteiger partial charge in [-0.3, -0.25) is 9.59 Å². The Bertz CT molecular complexity index is 1320. The number of carbonyl (C=O) groups is 1. The molecule has 0 saturated carbocycles. The first-order chi connectivity index (χ1) is 14.9. The number of pyridine rings is 1. The van der Waals surface area contributed by atoms with Gasteiger partial charge in [0, 0.05) is 31.3 Å². The van der Waals surface area contributed by atoms with Crippen molar-refractivity contribution in [2.24, 2.45) is 7.05 Å². The smallest absolute Gasteiger partial charge is 0.250 e. The number of rotatable bonds is 6. The van der Waals surface area contributed by atoms with Crippen LogP contribution in [0.25, 0.3) is 22.8 Å². The minimum atomic E-state index is -0.377. The van der Waals surface area contributed by atoms with E-state index in [0.29, 0.717) is 16.8 Å². The summed E-state index contributed by atoms with van der Waals surface area (Å²) >= 11 is 0. The number of nitrogens with zero attached hydrogens (tertiary/aromatic N) is 4. The molecule has 9 heteroatoms. The summed E-state index contributed by atoms with van der Waals surface area (Å²) in [4.78, 5) is 37.5. The van der Waals surface area contributed by atoms with Gasteiger partial charge in [-0.15, -0.1) is 0 Å². The number of oxazole rings is 1. The molecule has 0 unspecified atom stereocenters. The van der Waals surface area contributed by atoms with Gasteiger partial charge in [0.15, 0.2) is 17.3 Å². The predicted molar refractivity (Wildman–Crippen MR) is 112 cm³/mol. The van der Waals surface area contributed by atoms with E-state index in [2.05, 4.69) is 15.0 Å². The van der Waals surface area contributed by atoms with Gasteiger partial charge in [0.1, 0.15) is 23.5 Å². The summed E-state index contributed by atoms with van der Waals surface area (Å²) in [7, 11) is 1.60. The third kappa shape index (κ3) is 4.11. The van der Waals surface area contributed by atoms with E-state index < -0.39 is 0 Å². The molecule has 1 aromatic carbocycles. The molecule has 4 aromatic rings. The molecule has 0 radical (unpaired) electrons. The predicted octanol–water partition coefficient (Wildman–Crippen LogP) is 3.03. The Kier molecular flexibility index (Phi) is 5.40. The molecule has 31 heavy (non-hydrogen) atoms. The fourth-order valence-electron chi connectivity index (χ4n) is 3.15. The van der Waals surface area contributed by atoms with Crippen LogP contribution in [0.1, 0.15) is 22.5 Å². The van der Waals surface area contributed by atoms with Crippen LogP contribution in [-0.2, 0) is 13.5 Å². The molecule has 3 aromatic heterocycles. The van der Waals surface area contributed by atoms with Crippen LogP contribution in [0.5, 0.6) is 0 Å². The Hall–Kier alpha value is -4.14. The number of aromatic nitrogens is 4. The van der Waals surface area contributed by atoms with Crippen molar-refractivity contribution < 1.29 is 13.6 Å². The Morgan fingerprint density at radius 1 is 1.16 bits per heavy atom. The molecule has 8 nitrogen and oxygen atoms in total. The van der Waals surface area contributed by atoms with Crippen molar-refractivity contribution >= 4 is 11.6 Å². The Morgan fingerprint density at radius 2 is 1.97 bits per heavy atom. The monoisotopic (exact) mass is 419 g/mol. The van der Waals surface area contributed by atoms with Crippen molar-refractivity contribution in [1.82, 2.24) is 19.5 Å². The molecule has 0 amide bonds. The van der Waals surface area contributed by atoms with Crippen molar-refractivity contribution in [2.75, 3.05) is 5.73 Å². The number of hydrogen-bond donors (Lipinski definition) is 1. The third-order valence-corrected chi connectivity index (χ3v) is 4.76. The zero-order valence-electron chi connectivity index (χ0n) is 16.6. The summed E-state index contributed by atoms with van der Waals surface area (Å²) < 4.78 is 20.6. The number of halogens is 1. The van der Waals surface area contributed by atoms with Gasteiger partial charge in [-0.2, -0.15) is 0 Å². The van der Waals surface area contributed by atoms with Gasteiger partial charge in [0.2, 0.25) is 11.4 Å². The zero-order valence-corrected chi connectivity index (χ0v) is 16.6. The standard InChI is InChI=1S/C22H18FN5O3/c1-28-12-14(7-9-17(28)30)18-20(22-25-10-11-31-22)27-21(24)19(26-18)16(29)8-6-13-4-2-3-5-15(13)23/h2-5,7,9-12H,6,8H2,1H3,(H2,24,27). The molecule has 0 aliphatic heterocycles. The number of nitrogen functional groups attached to an aromatic ring is 1. The second-order valence-electron chi connectivity index (χ2n) is 6.87. The number of nitrogens with two attached hydrogens (primary N) is 1. The molecule has 0 atom stereocenters. The number of hydrogen-bond acceptors (Lipinski definition) is 7. The normalized spacial score (nSPS) is 10.9. The lowest BCUT2D eigenvalue weighted by atomic mass is 10.0. The number of anilines is 1. The van der Waals surface area contributed by atoms with Gasteiger partial charge >= 0.3 is 0 Å². The number of ketones is 1. The summed E-state index contributed by atoms with van der Waals surface area (Å²) in [6.07, 6.45) is 4.60. The molecule has 156 valence electrons. The summed E-state index contributed by atoms with van der Waals surface area (Å²) in [5.74, 6) is -0.661. The first-order valence-corrected chi connectivity index (χ1v) is 9.45. The van der Waals surface area contributed by atoms with E-state index >= 15 is 0 Å². The van der Waals surface area contributed by atoms with Gasteiger partial charge in [0.25, 0.3) is 0 Å². The van der Waals surface area contributed by atoms with Crippen LogP contribution in [-0.4, -0.2) is 25.3 Å². The molecule has 0 aliphatic rings. The largest absolute Gasteiger partial charge is 0.443 e. The zero-order chi connectivity index (χ0) is 22.0. The van der Waals surface area contributed by atoms with Crippen LogP contribution in [0, 0.1) is 5.82 Å². The van der Waals surface area contributed by atoms with Crippen molar-refractivity contribution in [2.45, 2.75) is 12.8 Å². The quantitative estimate of drug-likeness (QED) is 0.477. The van der Waals surface area contributed by atoms with Crippen LogP contribution >= 0.6 is 0 Å². The van der Waals surface area contributed by atoms with E-state index in [-0.39, 0.29) is 53.1 Å². The fraction of sp³-hybridized carbons (Fsp3) is 0.136. The number of carbonyl (C=O) groups excluding carboxylic acids is 1. The van der Waals surface area contributed by atoms with Crippen LogP contribution in [0.3, 0.4) is 0 Å². The first kappa shape index (κ1) is 20.1. The number of aryl methyl sites for hydroxylation is 2. The minimum absolute atomic E-state index is 0.00484. The van der Waals surface area contributed by atoms with Crippen molar-refractivity contribution in [3.63, 3.8) is 0 Å². The summed E-state index contributed by atoms with van der Waals surface area (Å²) in [6.45, 7) is 0. The van der Waals surface area contributed by atoms with Crippen LogP contribution in [0.15, 0.2) is 64.3 Å². The third-order valence-electron chi connectivity index (χ3n) is 4.76.